The lowest BCUT2D eigenvalue weighted by molar-refractivity contribution is 0.629. The van der Waals surface area contributed by atoms with Crippen LogP contribution >= 0.6 is 15.9 Å². The topological polar surface area (TPSA) is 26.0 Å². The normalized spacial score (nSPS) is 10.4. The van der Waals surface area contributed by atoms with E-state index >= 15 is 0 Å². The van der Waals surface area contributed by atoms with E-state index in [0.717, 1.165) is 15.6 Å². The number of benzene rings is 2. The first kappa shape index (κ1) is 11.3. The maximum absolute atomic E-state index is 13.8. The average molecular weight is 280 g/mol. The highest BCUT2D eigenvalue weighted by molar-refractivity contribution is 9.10. The summed E-state index contributed by atoms with van der Waals surface area (Å²) in [4.78, 5) is 0. The summed E-state index contributed by atoms with van der Waals surface area (Å²) in [7, 11) is 0. The zero-order chi connectivity index (χ0) is 11.5. The third-order valence-electron chi connectivity index (χ3n) is 2.43. The molecule has 1 nitrogen and oxygen atoms in total. The number of hydrogen-bond acceptors (Lipinski definition) is 1. The van der Waals surface area contributed by atoms with Crippen molar-refractivity contribution < 1.29 is 4.39 Å². The molecule has 0 bridgehead atoms. The van der Waals surface area contributed by atoms with Crippen molar-refractivity contribution in [3.8, 4) is 11.1 Å². The Bertz CT molecular complexity index is 511. The molecule has 2 N–H and O–H groups in total. The van der Waals surface area contributed by atoms with Crippen LogP contribution in [0.25, 0.3) is 11.1 Å². The van der Waals surface area contributed by atoms with Gasteiger partial charge >= 0.3 is 0 Å². The first-order valence-corrected chi connectivity index (χ1v) is 5.75. The number of nitrogens with two attached hydrogens (primary N) is 1. The molecule has 0 heterocycles. The average Bonchev–Trinajstić information content (AvgIpc) is 2.30. The number of halogens is 2. The van der Waals surface area contributed by atoms with Crippen molar-refractivity contribution in [2.24, 2.45) is 5.73 Å². The van der Waals surface area contributed by atoms with E-state index in [1.54, 1.807) is 6.07 Å². The molecule has 16 heavy (non-hydrogen) atoms. The molecule has 0 amide bonds. The minimum Gasteiger partial charge on any atom is -0.326 e. The van der Waals surface area contributed by atoms with Crippen LogP contribution in [0, 0.1) is 5.82 Å². The second-order valence-electron chi connectivity index (χ2n) is 3.50. The quantitative estimate of drug-likeness (QED) is 0.891. The molecule has 3 heteroatoms. The fourth-order valence-corrected chi connectivity index (χ4v) is 2.08. The van der Waals surface area contributed by atoms with Gasteiger partial charge in [-0.15, -0.1) is 0 Å². The van der Waals surface area contributed by atoms with Gasteiger partial charge in [0.25, 0.3) is 0 Å². The van der Waals surface area contributed by atoms with Crippen LogP contribution in [-0.4, -0.2) is 0 Å². The zero-order valence-electron chi connectivity index (χ0n) is 8.58. The van der Waals surface area contributed by atoms with E-state index in [4.69, 9.17) is 5.73 Å². The van der Waals surface area contributed by atoms with Gasteiger partial charge in [0, 0.05) is 16.6 Å². The van der Waals surface area contributed by atoms with E-state index in [-0.39, 0.29) is 5.82 Å². The van der Waals surface area contributed by atoms with Crippen molar-refractivity contribution in [3.63, 3.8) is 0 Å². The Labute approximate surface area is 102 Å². The lowest BCUT2D eigenvalue weighted by atomic mass is 10.0. The summed E-state index contributed by atoms with van der Waals surface area (Å²) < 4.78 is 14.7. The molecule has 2 aromatic carbocycles. The lowest BCUT2D eigenvalue weighted by Gasteiger charge is -2.07. The van der Waals surface area contributed by atoms with Crippen LogP contribution in [0.4, 0.5) is 4.39 Å². The lowest BCUT2D eigenvalue weighted by Crippen LogP contribution is -1.97. The highest BCUT2D eigenvalue weighted by Gasteiger charge is 2.08. The molecule has 0 aliphatic carbocycles. The van der Waals surface area contributed by atoms with Gasteiger partial charge in [-0.2, -0.15) is 0 Å². The predicted molar refractivity (Wildman–Crippen MR) is 67.4 cm³/mol. The molecule has 0 saturated heterocycles. The minimum atomic E-state index is -0.241. The molecule has 0 aliphatic heterocycles. The van der Waals surface area contributed by atoms with Gasteiger partial charge in [0.05, 0.1) is 0 Å². The molecule has 2 aromatic rings. The largest absolute Gasteiger partial charge is 0.326 e. The minimum absolute atomic E-state index is 0.241. The standard InChI is InChI=1S/C13H11BrFN/c14-12-4-2-1-3-10(12)11-6-5-9(8-16)7-13(11)15/h1-7H,8,16H2. The molecule has 0 radical (unpaired) electrons. The van der Waals surface area contributed by atoms with Crippen molar-refractivity contribution in [3.05, 3.63) is 58.3 Å². The van der Waals surface area contributed by atoms with Crippen LogP contribution in [0.2, 0.25) is 0 Å². The second-order valence-corrected chi connectivity index (χ2v) is 4.35. The van der Waals surface area contributed by atoms with Gasteiger partial charge in [-0.3, -0.25) is 0 Å². The van der Waals surface area contributed by atoms with Crippen LogP contribution in [0.3, 0.4) is 0 Å². The van der Waals surface area contributed by atoms with Gasteiger partial charge in [0.2, 0.25) is 0 Å². The van der Waals surface area contributed by atoms with Gasteiger partial charge < -0.3 is 5.73 Å². The van der Waals surface area contributed by atoms with Crippen molar-refractivity contribution in [1.82, 2.24) is 0 Å². The molecule has 0 saturated carbocycles. The fraction of sp³-hybridized carbons (Fsp3) is 0.0769. The maximum Gasteiger partial charge on any atom is 0.131 e. The molecular formula is C13H11BrFN. The third kappa shape index (κ3) is 2.15. The fourth-order valence-electron chi connectivity index (χ4n) is 1.58. The molecule has 2 rings (SSSR count). The van der Waals surface area contributed by atoms with E-state index < -0.39 is 0 Å². The zero-order valence-corrected chi connectivity index (χ0v) is 10.2. The van der Waals surface area contributed by atoms with E-state index in [0.29, 0.717) is 12.1 Å². The van der Waals surface area contributed by atoms with Crippen LogP contribution in [0.1, 0.15) is 5.56 Å². The summed E-state index contributed by atoms with van der Waals surface area (Å²) in [5.41, 5.74) is 7.70. The van der Waals surface area contributed by atoms with E-state index in [2.05, 4.69) is 15.9 Å². The Morgan fingerprint density at radius 2 is 1.81 bits per heavy atom. The maximum atomic E-state index is 13.8. The van der Waals surface area contributed by atoms with E-state index in [1.807, 2.05) is 30.3 Å². The SMILES string of the molecule is NCc1ccc(-c2ccccc2Br)c(F)c1. The highest BCUT2D eigenvalue weighted by Crippen LogP contribution is 2.30. The summed E-state index contributed by atoms with van der Waals surface area (Å²) in [5.74, 6) is -0.241. The van der Waals surface area contributed by atoms with Gasteiger partial charge in [-0.25, -0.2) is 4.39 Å². The Balaban J connectivity index is 2.53. The smallest absolute Gasteiger partial charge is 0.131 e. The second kappa shape index (κ2) is 4.76. The Hall–Kier alpha value is -1.19. The van der Waals surface area contributed by atoms with Crippen molar-refractivity contribution in [2.45, 2.75) is 6.54 Å². The van der Waals surface area contributed by atoms with Gasteiger partial charge in [0.1, 0.15) is 5.82 Å². The molecular weight excluding hydrogens is 269 g/mol. The van der Waals surface area contributed by atoms with Gasteiger partial charge in [-0.1, -0.05) is 46.3 Å². The summed E-state index contributed by atoms with van der Waals surface area (Å²) in [5, 5.41) is 0. The molecule has 0 atom stereocenters. The monoisotopic (exact) mass is 279 g/mol. The predicted octanol–water partition coefficient (Wildman–Crippen LogP) is 3.71. The Morgan fingerprint density at radius 3 is 2.44 bits per heavy atom. The van der Waals surface area contributed by atoms with Crippen LogP contribution in [0.5, 0.6) is 0 Å². The van der Waals surface area contributed by atoms with E-state index in [9.17, 15) is 4.39 Å². The molecule has 0 unspecified atom stereocenters. The van der Waals surface area contributed by atoms with Crippen molar-refractivity contribution in [1.29, 1.82) is 0 Å². The highest BCUT2D eigenvalue weighted by atomic mass is 79.9. The van der Waals surface area contributed by atoms with Crippen LogP contribution < -0.4 is 5.73 Å². The number of hydrogen-bond donors (Lipinski definition) is 1. The molecule has 0 aliphatic rings. The molecule has 0 aromatic heterocycles. The first-order chi connectivity index (χ1) is 7.72. The number of rotatable bonds is 2. The summed E-state index contributed by atoms with van der Waals surface area (Å²) in [6.07, 6.45) is 0. The molecule has 0 fully saturated rings. The molecule has 0 spiro atoms. The van der Waals surface area contributed by atoms with Crippen molar-refractivity contribution >= 4 is 15.9 Å². The summed E-state index contributed by atoms with van der Waals surface area (Å²) in [6.45, 7) is 0.354. The molecule has 82 valence electrons. The van der Waals surface area contributed by atoms with Gasteiger partial charge in [0.15, 0.2) is 0 Å². The summed E-state index contributed by atoms with van der Waals surface area (Å²) >= 11 is 3.41. The van der Waals surface area contributed by atoms with E-state index in [1.165, 1.54) is 6.07 Å². The third-order valence-corrected chi connectivity index (χ3v) is 3.12. The Kier molecular flexibility index (Phi) is 3.36. The van der Waals surface area contributed by atoms with Crippen LogP contribution in [-0.2, 0) is 6.54 Å². The van der Waals surface area contributed by atoms with Crippen LogP contribution in [0.15, 0.2) is 46.9 Å². The van der Waals surface area contributed by atoms with Crippen molar-refractivity contribution in [2.75, 3.05) is 0 Å². The first-order valence-electron chi connectivity index (χ1n) is 4.96. The van der Waals surface area contributed by atoms with Gasteiger partial charge in [-0.05, 0) is 23.3 Å². The summed E-state index contributed by atoms with van der Waals surface area (Å²) in [6, 6.07) is 12.6. The Morgan fingerprint density at radius 1 is 1.06 bits per heavy atom.